The SMILES string of the molecule is CCOCCOCCOCCNC(=O)N1CCC[C@H](N2c3nc(-c4c[nH]c5ncc(F)cc45)ncc3CC2C)C1. The lowest BCUT2D eigenvalue weighted by molar-refractivity contribution is 0.0177. The van der Waals surface area contributed by atoms with E-state index >= 15 is 0 Å². The van der Waals surface area contributed by atoms with Crippen LogP contribution in [0.2, 0.25) is 0 Å². The average molecular weight is 556 g/mol. The molecule has 40 heavy (non-hydrogen) atoms. The minimum atomic E-state index is -0.403. The van der Waals surface area contributed by atoms with Crippen molar-refractivity contribution < 1.29 is 23.4 Å². The number of urea groups is 1. The highest BCUT2D eigenvalue weighted by Gasteiger charge is 2.37. The van der Waals surface area contributed by atoms with Crippen LogP contribution >= 0.6 is 0 Å². The fourth-order valence-electron chi connectivity index (χ4n) is 5.51. The Morgan fingerprint density at radius 2 is 1.95 bits per heavy atom. The lowest BCUT2D eigenvalue weighted by Gasteiger charge is -2.40. The molecule has 0 bridgehead atoms. The standard InChI is InChI=1S/C28H38FN7O4/c1-3-38-9-10-40-12-11-39-8-6-30-28(37)35-7-4-5-22(18-35)36-19(2)13-20-15-31-26(34-27(20)36)24-17-33-25-23(24)14-21(29)16-32-25/h14-17,19,22H,3-13,18H2,1-2H3,(H,30,37)(H,32,33)/t19?,22-/m0/s1. The summed E-state index contributed by atoms with van der Waals surface area (Å²) in [7, 11) is 0. The number of piperidine rings is 1. The third-order valence-corrected chi connectivity index (χ3v) is 7.36. The monoisotopic (exact) mass is 555 g/mol. The number of ether oxygens (including phenoxy) is 3. The van der Waals surface area contributed by atoms with E-state index in [1.807, 2.05) is 18.0 Å². The number of rotatable bonds is 12. The summed E-state index contributed by atoms with van der Waals surface area (Å²) in [6, 6.07) is 1.75. The van der Waals surface area contributed by atoms with Gasteiger partial charge in [0.2, 0.25) is 0 Å². The van der Waals surface area contributed by atoms with E-state index < -0.39 is 5.82 Å². The molecule has 216 valence electrons. The molecule has 2 N–H and O–H groups in total. The van der Waals surface area contributed by atoms with E-state index in [1.54, 1.807) is 6.20 Å². The Morgan fingerprint density at radius 3 is 2.77 bits per heavy atom. The number of carbonyl (C=O) groups is 1. The van der Waals surface area contributed by atoms with Crippen LogP contribution in [0.4, 0.5) is 15.0 Å². The van der Waals surface area contributed by atoms with Gasteiger partial charge in [0.05, 0.1) is 39.2 Å². The summed E-state index contributed by atoms with van der Waals surface area (Å²) in [4.78, 5) is 33.9. The fourth-order valence-corrected chi connectivity index (χ4v) is 5.51. The number of pyridine rings is 1. The summed E-state index contributed by atoms with van der Waals surface area (Å²) in [6.07, 6.45) is 7.56. The average Bonchev–Trinajstić information content (AvgIpc) is 3.53. The molecule has 0 aromatic carbocycles. The molecule has 0 aliphatic carbocycles. The maximum Gasteiger partial charge on any atom is 0.317 e. The second-order valence-corrected chi connectivity index (χ2v) is 10.2. The molecule has 1 unspecified atom stereocenters. The maximum absolute atomic E-state index is 13.9. The largest absolute Gasteiger partial charge is 0.379 e. The number of fused-ring (bicyclic) bond motifs is 2. The molecule has 3 aromatic heterocycles. The first-order valence-electron chi connectivity index (χ1n) is 14.1. The van der Waals surface area contributed by atoms with Gasteiger partial charge in [0, 0.05) is 67.2 Å². The van der Waals surface area contributed by atoms with Crippen molar-refractivity contribution in [3.63, 3.8) is 0 Å². The molecule has 0 radical (unpaired) electrons. The van der Waals surface area contributed by atoms with E-state index in [0.29, 0.717) is 75.2 Å². The molecule has 1 fully saturated rings. The van der Waals surface area contributed by atoms with Gasteiger partial charge in [-0.15, -0.1) is 0 Å². The zero-order chi connectivity index (χ0) is 27.9. The molecule has 2 atom stereocenters. The van der Waals surface area contributed by atoms with Crippen LogP contribution in [0.1, 0.15) is 32.3 Å². The van der Waals surface area contributed by atoms with Gasteiger partial charge in [0.1, 0.15) is 17.3 Å². The van der Waals surface area contributed by atoms with Crippen molar-refractivity contribution in [2.45, 2.75) is 45.2 Å². The van der Waals surface area contributed by atoms with Crippen LogP contribution < -0.4 is 10.2 Å². The first kappa shape index (κ1) is 28.2. The summed E-state index contributed by atoms with van der Waals surface area (Å²) in [5.74, 6) is 1.02. The number of nitrogens with one attached hydrogen (secondary N) is 2. The maximum atomic E-state index is 13.9. The third-order valence-electron chi connectivity index (χ3n) is 7.36. The van der Waals surface area contributed by atoms with Crippen LogP contribution in [-0.4, -0.2) is 102 Å². The predicted molar refractivity (Wildman–Crippen MR) is 149 cm³/mol. The predicted octanol–water partition coefficient (Wildman–Crippen LogP) is 3.15. The normalized spacial score (nSPS) is 18.9. The Kier molecular flexibility index (Phi) is 9.40. The Morgan fingerprint density at radius 1 is 1.15 bits per heavy atom. The molecule has 12 heteroatoms. The van der Waals surface area contributed by atoms with Gasteiger partial charge >= 0.3 is 6.03 Å². The summed E-state index contributed by atoms with van der Waals surface area (Å²) in [5, 5.41) is 3.63. The number of carbonyl (C=O) groups excluding carboxylic acids is 1. The molecule has 1 saturated heterocycles. The van der Waals surface area contributed by atoms with Gasteiger partial charge < -0.3 is 34.3 Å². The number of aromatic amines is 1. The summed E-state index contributed by atoms with van der Waals surface area (Å²) >= 11 is 0. The molecule has 5 heterocycles. The van der Waals surface area contributed by atoms with Crippen molar-refractivity contribution in [2.24, 2.45) is 0 Å². The number of halogens is 1. The number of amides is 2. The number of aromatic nitrogens is 4. The van der Waals surface area contributed by atoms with Gasteiger partial charge in [0.25, 0.3) is 0 Å². The lowest BCUT2D eigenvalue weighted by atomic mass is 10.0. The Bertz CT molecular complexity index is 1290. The Hall–Kier alpha value is -3.35. The van der Waals surface area contributed by atoms with Gasteiger partial charge in [-0.25, -0.2) is 24.1 Å². The van der Waals surface area contributed by atoms with Crippen LogP contribution in [0.3, 0.4) is 0 Å². The van der Waals surface area contributed by atoms with Crippen molar-refractivity contribution in [3.05, 3.63) is 36.0 Å². The molecule has 5 rings (SSSR count). The smallest absolute Gasteiger partial charge is 0.317 e. The van der Waals surface area contributed by atoms with Crippen molar-refractivity contribution in [1.29, 1.82) is 0 Å². The van der Waals surface area contributed by atoms with E-state index in [9.17, 15) is 9.18 Å². The zero-order valence-corrected chi connectivity index (χ0v) is 23.2. The van der Waals surface area contributed by atoms with E-state index in [-0.39, 0.29) is 18.1 Å². The second kappa shape index (κ2) is 13.3. The van der Waals surface area contributed by atoms with Gasteiger partial charge in [-0.05, 0) is 39.2 Å². The van der Waals surface area contributed by atoms with Gasteiger partial charge in [-0.2, -0.15) is 0 Å². The molecule has 11 nitrogen and oxygen atoms in total. The Balaban J connectivity index is 1.16. The molecule has 2 amide bonds. The number of nitrogens with zero attached hydrogens (tertiary/aromatic N) is 5. The summed E-state index contributed by atoms with van der Waals surface area (Å²) < 4.78 is 30.1. The van der Waals surface area contributed by atoms with Crippen LogP contribution in [-0.2, 0) is 20.6 Å². The van der Waals surface area contributed by atoms with Crippen molar-refractivity contribution >= 4 is 22.9 Å². The van der Waals surface area contributed by atoms with E-state index in [2.05, 4.69) is 32.1 Å². The van der Waals surface area contributed by atoms with E-state index in [4.69, 9.17) is 19.2 Å². The fraction of sp³-hybridized carbons (Fsp3) is 0.571. The first-order chi connectivity index (χ1) is 19.5. The summed E-state index contributed by atoms with van der Waals surface area (Å²) in [5.41, 5.74) is 2.39. The third kappa shape index (κ3) is 6.51. The topological polar surface area (TPSA) is 118 Å². The molecule has 0 spiro atoms. The molecule has 0 saturated carbocycles. The number of likely N-dealkylation sites (tertiary alicyclic amines) is 1. The second-order valence-electron chi connectivity index (χ2n) is 10.2. The van der Waals surface area contributed by atoms with Gasteiger partial charge in [0.15, 0.2) is 5.82 Å². The highest BCUT2D eigenvalue weighted by atomic mass is 19.1. The lowest BCUT2D eigenvalue weighted by Crippen LogP contribution is -2.54. The summed E-state index contributed by atoms with van der Waals surface area (Å²) in [6.45, 7) is 9.15. The molecular weight excluding hydrogens is 517 g/mol. The van der Waals surface area contributed by atoms with E-state index in [0.717, 1.165) is 37.2 Å². The zero-order valence-electron chi connectivity index (χ0n) is 23.2. The highest BCUT2D eigenvalue weighted by molar-refractivity contribution is 5.91. The van der Waals surface area contributed by atoms with Crippen LogP contribution in [0.5, 0.6) is 0 Å². The quantitative estimate of drug-likeness (QED) is 0.328. The number of anilines is 1. The van der Waals surface area contributed by atoms with Gasteiger partial charge in [-0.1, -0.05) is 0 Å². The highest BCUT2D eigenvalue weighted by Crippen LogP contribution is 2.36. The number of H-pyrrole nitrogens is 1. The van der Waals surface area contributed by atoms with Crippen molar-refractivity contribution in [2.75, 3.05) is 64.2 Å². The minimum Gasteiger partial charge on any atom is -0.379 e. The molecule has 2 aliphatic rings. The first-order valence-corrected chi connectivity index (χ1v) is 14.1. The van der Waals surface area contributed by atoms with E-state index in [1.165, 1.54) is 12.3 Å². The number of hydrogen-bond donors (Lipinski definition) is 2. The minimum absolute atomic E-state index is 0.0787. The van der Waals surface area contributed by atoms with Crippen LogP contribution in [0.25, 0.3) is 22.4 Å². The molecule has 2 aliphatic heterocycles. The Labute approximate surface area is 233 Å². The number of hydrogen-bond acceptors (Lipinski definition) is 8. The van der Waals surface area contributed by atoms with Crippen molar-refractivity contribution in [3.8, 4) is 11.4 Å². The molecular formula is C28H38FN7O4. The molecule has 3 aromatic rings. The van der Waals surface area contributed by atoms with Crippen LogP contribution in [0, 0.1) is 5.82 Å². The van der Waals surface area contributed by atoms with Crippen LogP contribution in [0.15, 0.2) is 24.7 Å². The van der Waals surface area contributed by atoms with Crippen molar-refractivity contribution in [1.82, 2.24) is 30.2 Å². The van der Waals surface area contributed by atoms with Gasteiger partial charge in [-0.3, -0.25) is 0 Å².